The fourth-order valence-corrected chi connectivity index (χ4v) is 10.2. The molecular formula is C30H44O3. The Hall–Kier alpha value is -1.38. The number of aliphatic carboxylic acids is 1. The highest BCUT2D eigenvalue weighted by Gasteiger charge is 2.69. The Morgan fingerprint density at radius 1 is 0.970 bits per heavy atom. The number of hydrogen-bond donors (Lipinski definition) is 1. The number of ketones is 1. The molecule has 0 amide bonds. The zero-order valence-corrected chi connectivity index (χ0v) is 21.8. The summed E-state index contributed by atoms with van der Waals surface area (Å²) in [5.41, 5.74) is 0.731. The molecule has 3 nitrogen and oxygen atoms in total. The second kappa shape index (κ2) is 6.85. The van der Waals surface area contributed by atoms with Gasteiger partial charge in [-0.25, -0.2) is 0 Å². The van der Waals surface area contributed by atoms with Gasteiger partial charge in [-0.15, -0.1) is 0 Å². The molecule has 33 heavy (non-hydrogen) atoms. The third kappa shape index (κ3) is 2.63. The first-order valence-corrected chi connectivity index (χ1v) is 13.4. The van der Waals surface area contributed by atoms with Gasteiger partial charge in [-0.3, -0.25) is 9.59 Å². The monoisotopic (exact) mass is 452 g/mol. The van der Waals surface area contributed by atoms with Crippen LogP contribution in [0.5, 0.6) is 0 Å². The summed E-state index contributed by atoms with van der Waals surface area (Å²) in [6, 6.07) is 0. The van der Waals surface area contributed by atoms with Crippen molar-refractivity contribution in [3.05, 3.63) is 23.8 Å². The molecule has 0 bridgehead atoms. The maximum absolute atomic E-state index is 12.8. The molecule has 5 rings (SSSR count). The Morgan fingerprint density at radius 3 is 2.33 bits per heavy atom. The number of fused-ring (bicyclic) bond motifs is 7. The van der Waals surface area contributed by atoms with Crippen molar-refractivity contribution in [1.29, 1.82) is 0 Å². The lowest BCUT2D eigenvalue weighted by molar-refractivity contribution is -0.176. The van der Waals surface area contributed by atoms with Gasteiger partial charge in [0.1, 0.15) is 0 Å². The Balaban J connectivity index is 1.64. The summed E-state index contributed by atoms with van der Waals surface area (Å²) in [5.74, 6) is 1.69. The van der Waals surface area contributed by atoms with E-state index in [0.717, 1.165) is 44.9 Å². The zero-order valence-electron chi connectivity index (χ0n) is 21.8. The first-order valence-electron chi connectivity index (χ1n) is 13.4. The van der Waals surface area contributed by atoms with Gasteiger partial charge < -0.3 is 5.11 Å². The van der Waals surface area contributed by atoms with E-state index in [1.54, 1.807) is 0 Å². The van der Waals surface area contributed by atoms with Crippen molar-refractivity contribution < 1.29 is 14.7 Å². The zero-order chi connectivity index (χ0) is 24.2. The van der Waals surface area contributed by atoms with Gasteiger partial charge in [-0.05, 0) is 96.9 Å². The molecular weight excluding hydrogens is 408 g/mol. The minimum atomic E-state index is -0.583. The van der Waals surface area contributed by atoms with Gasteiger partial charge in [0.15, 0.2) is 5.78 Å². The highest BCUT2D eigenvalue weighted by molar-refractivity contribution is 5.95. The van der Waals surface area contributed by atoms with Crippen molar-refractivity contribution in [2.45, 2.75) is 93.4 Å². The molecule has 3 fully saturated rings. The number of hydrogen-bond acceptors (Lipinski definition) is 2. The van der Waals surface area contributed by atoms with Crippen LogP contribution in [-0.4, -0.2) is 16.9 Å². The van der Waals surface area contributed by atoms with Gasteiger partial charge in [0, 0.05) is 5.41 Å². The lowest BCUT2D eigenvalue weighted by Crippen LogP contribution is -2.64. The molecule has 182 valence electrons. The van der Waals surface area contributed by atoms with E-state index in [4.69, 9.17) is 0 Å². The fraction of sp³-hybridized carbons (Fsp3) is 0.800. The minimum absolute atomic E-state index is 0.00224. The van der Waals surface area contributed by atoms with Crippen molar-refractivity contribution in [2.75, 3.05) is 0 Å². The van der Waals surface area contributed by atoms with E-state index >= 15 is 0 Å². The molecule has 0 spiro atoms. The van der Waals surface area contributed by atoms with Crippen LogP contribution in [0.4, 0.5) is 0 Å². The average molecular weight is 453 g/mol. The number of carbonyl (C=O) groups excluding carboxylic acids is 1. The number of carbonyl (C=O) groups is 2. The van der Waals surface area contributed by atoms with Crippen LogP contribution in [0, 0.1) is 56.7 Å². The van der Waals surface area contributed by atoms with Crippen LogP contribution in [0.2, 0.25) is 0 Å². The fourth-order valence-electron chi connectivity index (χ4n) is 10.2. The number of carboxylic acids is 1. The van der Waals surface area contributed by atoms with Crippen LogP contribution in [0.1, 0.15) is 93.4 Å². The first kappa shape index (κ1) is 23.4. The van der Waals surface area contributed by atoms with Crippen LogP contribution in [0.15, 0.2) is 23.8 Å². The van der Waals surface area contributed by atoms with E-state index in [1.165, 1.54) is 5.57 Å². The molecule has 0 saturated heterocycles. The summed E-state index contributed by atoms with van der Waals surface area (Å²) in [4.78, 5) is 25.6. The standard InChI is InChI=1S/C30H44O3/c1-18-10-15-30(25(32)33)17-16-28(6)20(24(30)19(18)2)8-9-22-27(5)13-12-23(31)26(3,4)21(27)11-14-29(22,28)7/h8,12-13,18-19,21-22,24H,9-11,14-17H2,1-7H3,(H,32,33)/t18-,19+,21+,22-,24?,27+,28-,29-,30?/m1/s1. The van der Waals surface area contributed by atoms with Crippen molar-refractivity contribution in [2.24, 2.45) is 56.7 Å². The second-order valence-corrected chi connectivity index (χ2v) is 13.9. The molecule has 0 aromatic heterocycles. The normalized spacial score (nSPS) is 52.6. The van der Waals surface area contributed by atoms with Crippen LogP contribution >= 0.6 is 0 Å². The Kier molecular flexibility index (Phi) is 4.85. The molecule has 5 aliphatic rings. The molecule has 0 aliphatic heterocycles. The van der Waals surface area contributed by atoms with Crippen LogP contribution in [0.3, 0.4) is 0 Å². The van der Waals surface area contributed by atoms with Crippen molar-refractivity contribution in [3.8, 4) is 0 Å². The number of carboxylic acid groups (broad SMARTS) is 1. The van der Waals surface area contributed by atoms with Gasteiger partial charge in [0.2, 0.25) is 0 Å². The lowest BCUT2D eigenvalue weighted by atomic mass is 9.34. The maximum atomic E-state index is 12.8. The van der Waals surface area contributed by atoms with E-state index < -0.39 is 11.4 Å². The van der Waals surface area contributed by atoms with E-state index in [-0.39, 0.29) is 33.4 Å². The molecule has 0 heterocycles. The number of allylic oxidation sites excluding steroid dienone is 4. The molecule has 5 aliphatic carbocycles. The van der Waals surface area contributed by atoms with E-state index in [2.05, 4.69) is 60.6 Å². The number of rotatable bonds is 1. The molecule has 0 aromatic rings. The third-order valence-electron chi connectivity index (χ3n) is 12.7. The van der Waals surface area contributed by atoms with Crippen molar-refractivity contribution >= 4 is 11.8 Å². The Bertz CT molecular complexity index is 958. The predicted octanol–water partition coefficient (Wildman–Crippen LogP) is 7.07. The highest BCUT2D eigenvalue weighted by Crippen LogP contribution is 2.74. The summed E-state index contributed by atoms with van der Waals surface area (Å²) >= 11 is 0. The Morgan fingerprint density at radius 2 is 1.67 bits per heavy atom. The van der Waals surface area contributed by atoms with Crippen LogP contribution in [-0.2, 0) is 9.59 Å². The largest absolute Gasteiger partial charge is 0.481 e. The average Bonchev–Trinajstić information content (AvgIpc) is 2.74. The highest BCUT2D eigenvalue weighted by atomic mass is 16.4. The molecule has 0 aromatic carbocycles. The van der Waals surface area contributed by atoms with Gasteiger partial charge in [-0.1, -0.05) is 66.2 Å². The second-order valence-electron chi connectivity index (χ2n) is 13.9. The summed E-state index contributed by atoms with van der Waals surface area (Å²) in [6.07, 6.45) is 13.5. The topological polar surface area (TPSA) is 54.4 Å². The van der Waals surface area contributed by atoms with Crippen molar-refractivity contribution in [3.63, 3.8) is 0 Å². The van der Waals surface area contributed by atoms with Crippen LogP contribution in [0.25, 0.3) is 0 Å². The quantitative estimate of drug-likeness (QED) is 0.433. The summed E-state index contributed by atoms with van der Waals surface area (Å²) in [7, 11) is 0. The third-order valence-corrected chi connectivity index (χ3v) is 12.7. The molecule has 3 heteroatoms. The molecule has 2 unspecified atom stereocenters. The SMILES string of the molecule is C[C@@H]1CCC2(C(=O)O)CC[C@]3(C)C(=CC[C@@H]4[C@@]5(C)C=CC(=O)C(C)(C)[C@@H]5CC[C@]43C)C2[C@H]1C. The summed E-state index contributed by atoms with van der Waals surface area (Å²) in [6.45, 7) is 16.4. The molecule has 3 saturated carbocycles. The van der Waals surface area contributed by atoms with Crippen molar-refractivity contribution in [1.82, 2.24) is 0 Å². The Labute approximate surface area is 200 Å². The van der Waals surface area contributed by atoms with Gasteiger partial charge in [0.05, 0.1) is 5.41 Å². The minimum Gasteiger partial charge on any atom is -0.481 e. The lowest BCUT2D eigenvalue weighted by Gasteiger charge is -2.70. The van der Waals surface area contributed by atoms with E-state index in [0.29, 0.717) is 23.7 Å². The molecule has 9 atom stereocenters. The van der Waals surface area contributed by atoms with Gasteiger partial charge in [-0.2, -0.15) is 0 Å². The molecule has 0 radical (unpaired) electrons. The van der Waals surface area contributed by atoms with Crippen LogP contribution < -0.4 is 0 Å². The van der Waals surface area contributed by atoms with E-state index in [9.17, 15) is 14.7 Å². The predicted molar refractivity (Wildman–Crippen MR) is 132 cm³/mol. The first-order chi connectivity index (χ1) is 15.3. The smallest absolute Gasteiger partial charge is 0.310 e. The summed E-state index contributed by atoms with van der Waals surface area (Å²) < 4.78 is 0. The summed E-state index contributed by atoms with van der Waals surface area (Å²) in [5, 5.41) is 10.5. The maximum Gasteiger partial charge on any atom is 0.310 e. The van der Waals surface area contributed by atoms with Gasteiger partial charge >= 0.3 is 5.97 Å². The molecule has 1 N–H and O–H groups in total. The van der Waals surface area contributed by atoms with Gasteiger partial charge in [0.25, 0.3) is 0 Å². The van der Waals surface area contributed by atoms with E-state index in [1.807, 2.05) is 6.08 Å².